The molecule has 0 saturated carbocycles. The van der Waals surface area contributed by atoms with E-state index in [4.69, 9.17) is 34.8 Å². The van der Waals surface area contributed by atoms with Gasteiger partial charge in [-0.15, -0.1) is 0 Å². The fourth-order valence-electron chi connectivity index (χ4n) is 2.86. The van der Waals surface area contributed by atoms with Gasteiger partial charge in [-0.3, -0.25) is 9.10 Å². The molecule has 0 heterocycles. The van der Waals surface area contributed by atoms with Crippen LogP contribution in [0.3, 0.4) is 0 Å². The molecule has 0 aliphatic rings. The summed E-state index contributed by atoms with van der Waals surface area (Å²) >= 11 is 19.6. The molecule has 5 nitrogen and oxygen atoms in total. The highest BCUT2D eigenvalue weighted by molar-refractivity contribution is 7.98. The minimum Gasteiger partial charge on any atom is -0.353 e. The van der Waals surface area contributed by atoms with Crippen LogP contribution < -0.4 is 9.62 Å². The number of hydrogen-bond acceptors (Lipinski definition) is 4. The molecule has 0 aliphatic heterocycles. The zero-order chi connectivity index (χ0) is 22.3. The van der Waals surface area contributed by atoms with E-state index >= 15 is 0 Å². The molecule has 1 atom stereocenters. The van der Waals surface area contributed by atoms with Crippen molar-refractivity contribution in [2.45, 2.75) is 25.1 Å². The Labute approximate surface area is 197 Å². The number of sulfonamides is 1. The Hall–Kier alpha value is -1.12. The molecular formula is C20H23Cl3N2O3S2. The predicted molar refractivity (Wildman–Crippen MR) is 128 cm³/mol. The summed E-state index contributed by atoms with van der Waals surface area (Å²) < 4.78 is 25.9. The zero-order valence-corrected chi connectivity index (χ0v) is 20.5. The number of nitrogens with one attached hydrogen (secondary N) is 1. The minimum atomic E-state index is -3.68. The minimum absolute atomic E-state index is 0.321. The zero-order valence-electron chi connectivity index (χ0n) is 16.6. The maximum atomic E-state index is 12.7. The lowest BCUT2D eigenvalue weighted by molar-refractivity contribution is -0.122. The second kappa shape index (κ2) is 11.5. The summed E-state index contributed by atoms with van der Waals surface area (Å²) in [5.41, 5.74) is 1.40. The number of anilines is 1. The molecule has 0 radical (unpaired) electrons. The Morgan fingerprint density at radius 1 is 1.13 bits per heavy atom. The quantitative estimate of drug-likeness (QED) is 0.445. The van der Waals surface area contributed by atoms with Gasteiger partial charge in [0.2, 0.25) is 15.9 Å². The van der Waals surface area contributed by atoms with Gasteiger partial charge in [-0.05, 0) is 42.3 Å². The molecule has 0 fully saturated rings. The summed E-state index contributed by atoms with van der Waals surface area (Å²) in [5, 5.41) is 4.25. The number of carbonyl (C=O) groups is 1. The molecule has 2 aromatic rings. The first kappa shape index (κ1) is 25.1. The number of halogens is 3. The van der Waals surface area contributed by atoms with Gasteiger partial charge in [0.05, 0.1) is 22.0 Å². The molecule has 1 amide bonds. The Balaban J connectivity index is 1.96. The van der Waals surface area contributed by atoms with Gasteiger partial charge in [-0.25, -0.2) is 8.42 Å². The number of amides is 1. The largest absolute Gasteiger partial charge is 0.353 e. The third-order valence-corrected chi connectivity index (χ3v) is 7.38. The average molecular weight is 510 g/mol. The molecule has 0 aromatic heterocycles. The summed E-state index contributed by atoms with van der Waals surface area (Å²) in [7, 11) is -3.68. The molecule has 0 spiro atoms. The van der Waals surface area contributed by atoms with Crippen molar-refractivity contribution >= 4 is 68.2 Å². The Bertz CT molecular complexity index is 987. The second-order valence-corrected chi connectivity index (χ2v) is 10.8. The van der Waals surface area contributed by atoms with Crippen LogP contribution >= 0.6 is 46.6 Å². The van der Waals surface area contributed by atoms with Crippen LogP contribution in [0.15, 0.2) is 42.5 Å². The van der Waals surface area contributed by atoms with Crippen LogP contribution in [0.5, 0.6) is 0 Å². The van der Waals surface area contributed by atoms with E-state index in [9.17, 15) is 13.2 Å². The van der Waals surface area contributed by atoms with Gasteiger partial charge in [0.1, 0.15) is 6.04 Å². The van der Waals surface area contributed by atoms with Crippen molar-refractivity contribution in [1.29, 1.82) is 0 Å². The van der Waals surface area contributed by atoms with E-state index in [1.165, 1.54) is 6.07 Å². The monoisotopic (exact) mass is 508 g/mol. The van der Waals surface area contributed by atoms with Crippen molar-refractivity contribution in [2.24, 2.45) is 0 Å². The summed E-state index contributed by atoms with van der Waals surface area (Å²) in [5.74, 6) is 1.04. The van der Waals surface area contributed by atoms with Gasteiger partial charge in [0, 0.05) is 23.1 Å². The molecule has 164 valence electrons. The van der Waals surface area contributed by atoms with Gasteiger partial charge in [-0.2, -0.15) is 11.8 Å². The molecule has 2 rings (SSSR count). The number of benzene rings is 2. The van der Waals surface area contributed by atoms with E-state index < -0.39 is 16.1 Å². The lowest BCUT2D eigenvalue weighted by Crippen LogP contribution is -2.49. The molecule has 0 aliphatic carbocycles. The molecule has 10 heteroatoms. The SMILES string of the molecule is CCC(C(=O)NCCSCc1ccc(Cl)c(Cl)c1)N(c1cccc(Cl)c1)S(C)(=O)=O. The standard InChI is InChI=1S/C20H23Cl3N2O3S2/c1-3-19(25(30(2,27)28)16-6-4-5-15(21)12-16)20(26)24-9-10-29-13-14-7-8-17(22)18(23)11-14/h4-8,11-12,19H,3,9-10,13H2,1-2H3,(H,24,26). The summed E-state index contributed by atoms with van der Waals surface area (Å²) in [6.07, 6.45) is 1.40. The molecule has 0 bridgehead atoms. The van der Waals surface area contributed by atoms with Gasteiger partial charge >= 0.3 is 0 Å². The van der Waals surface area contributed by atoms with Crippen LogP contribution in [0.1, 0.15) is 18.9 Å². The summed E-state index contributed by atoms with van der Waals surface area (Å²) in [4.78, 5) is 12.7. The predicted octanol–water partition coefficient (Wildman–Crippen LogP) is 5.24. The van der Waals surface area contributed by atoms with Crippen LogP contribution in [-0.4, -0.2) is 38.9 Å². The van der Waals surface area contributed by atoms with Crippen LogP contribution in [0, 0.1) is 0 Å². The fraction of sp³-hybridized carbons (Fsp3) is 0.350. The molecule has 2 aromatic carbocycles. The Kier molecular flexibility index (Phi) is 9.63. The van der Waals surface area contributed by atoms with Gasteiger partial charge in [-0.1, -0.05) is 53.9 Å². The van der Waals surface area contributed by atoms with Gasteiger partial charge in [0.15, 0.2) is 0 Å². The maximum Gasteiger partial charge on any atom is 0.243 e. The van der Waals surface area contributed by atoms with E-state index in [2.05, 4.69) is 5.32 Å². The number of carbonyl (C=O) groups excluding carboxylic acids is 1. The van der Waals surface area contributed by atoms with E-state index in [1.54, 1.807) is 43.0 Å². The highest BCUT2D eigenvalue weighted by Gasteiger charge is 2.31. The molecule has 1 N–H and O–H groups in total. The first-order valence-electron chi connectivity index (χ1n) is 9.17. The lowest BCUT2D eigenvalue weighted by Gasteiger charge is -2.30. The van der Waals surface area contributed by atoms with E-state index in [0.717, 1.165) is 21.9 Å². The fourth-order valence-corrected chi connectivity index (χ4v) is 5.37. The lowest BCUT2D eigenvalue weighted by atomic mass is 10.2. The van der Waals surface area contributed by atoms with Crippen molar-refractivity contribution in [2.75, 3.05) is 22.9 Å². The Morgan fingerprint density at radius 3 is 2.47 bits per heavy atom. The highest BCUT2D eigenvalue weighted by atomic mass is 35.5. The van der Waals surface area contributed by atoms with E-state index in [-0.39, 0.29) is 5.91 Å². The average Bonchev–Trinajstić information content (AvgIpc) is 2.67. The van der Waals surface area contributed by atoms with Crippen molar-refractivity contribution in [3.05, 3.63) is 63.1 Å². The summed E-state index contributed by atoms with van der Waals surface area (Å²) in [6, 6.07) is 11.1. The maximum absolute atomic E-state index is 12.7. The number of thioether (sulfide) groups is 1. The highest BCUT2D eigenvalue weighted by Crippen LogP contribution is 2.26. The van der Waals surface area contributed by atoms with Crippen molar-refractivity contribution in [3.8, 4) is 0 Å². The molecule has 0 saturated heterocycles. The molecule has 30 heavy (non-hydrogen) atoms. The van der Waals surface area contributed by atoms with Crippen molar-refractivity contribution < 1.29 is 13.2 Å². The van der Waals surface area contributed by atoms with Crippen LogP contribution in [0.2, 0.25) is 15.1 Å². The number of hydrogen-bond donors (Lipinski definition) is 1. The van der Waals surface area contributed by atoms with E-state index in [1.807, 2.05) is 12.1 Å². The van der Waals surface area contributed by atoms with Crippen molar-refractivity contribution in [1.82, 2.24) is 5.32 Å². The van der Waals surface area contributed by atoms with Gasteiger partial charge in [0.25, 0.3) is 0 Å². The first-order valence-corrected chi connectivity index (χ1v) is 13.3. The van der Waals surface area contributed by atoms with Crippen LogP contribution in [0.4, 0.5) is 5.69 Å². The Morgan fingerprint density at radius 2 is 1.87 bits per heavy atom. The van der Waals surface area contributed by atoms with Gasteiger partial charge < -0.3 is 5.32 Å². The summed E-state index contributed by atoms with van der Waals surface area (Å²) in [6.45, 7) is 2.18. The van der Waals surface area contributed by atoms with Crippen LogP contribution in [0.25, 0.3) is 0 Å². The normalized spacial score (nSPS) is 12.4. The third-order valence-electron chi connectivity index (χ3n) is 4.19. The van der Waals surface area contributed by atoms with Crippen molar-refractivity contribution in [3.63, 3.8) is 0 Å². The third kappa shape index (κ3) is 7.24. The van der Waals surface area contributed by atoms with Crippen LogP contribution in [-0.2, 0) is 20.6 Å². The number of rotatable bonds is 10. The second-order valence-electron chi connectivity index (χ2n) is 6.55. The van der Waals surface area contributed by atoms with E-state index in [0.29, 0.717) is 39.5 Å². The number of nitrogens with zero attached hydrogens (tertiary/aromatic N) is 1. The molecule has 1 unspecified atom stereocenters. The topological polar surface area (TPSA) is 66.5 Å². The first-order chi connectivity index (χ1) is 14.1. The molecular weight excluding hydrogens is 487 g/mol. The smallest absolute Gasteiger partial charge is 0.243 e.